The number of aromatic nitrogens is 3. The van der Waals surface area contributed by atoms with Gasteiger partial charge in [0, 0.05) is 6.20 Å². The fraction of sp³-hybridized carbons (Fsp3) is 0.133. The van der Waals surface area contributed by atoms with Crippen LogP contribution in [0.15, 0.2) is 24.4 Å². The van der Waals surface area contributed by atoms with E-state index in [9.17, 15) is 9.90 Å². The van der Waals surface area contributed by atoms with Gasteiger partial charge >= 0.3 is 0 Å². The first-order chi connectivity index (χ1) is 10.4. The summed E-state index contributed by atoms with van der Waals surface area (Å²) in [5, 5.41) is 18.1. The van der Waals surface area contributed by atoms with Crippen LogP contribution in [-0.2, 0) is 0 Å². The molecule has 0 atom stereocenters. The first kappa shape index (κ1) is 13.9. The number of aryl methyl sites for hydroxylation is 1. The number of phenolic OH excluding ortho intramolecular Hbond substituents is 1. The highest BCUT2D eigenvalue weighted by Crippen LogP contribution is 2.37. The molecular weight excluding hydrogens is 282 g/mol. The Morgan fingerprint density at radius 2 is 2.00 bits per heavy atom. The minimum Gasteiger partial charge on any atom is -0.508 e. The van der Waals surface area contributed by atoms with E-state index in [-0.39, 0.29) is 17.0 Å². The lowest BCUT2D eigenvalue weighted by molar-refractivity contribution is 0.100. The van der Waals surface area contributed by atoms with E-state index in [0.29, 0.717) is 28.2 Å². The molecule has 2 aromatic heterocycles. The normalized spacial score (nSPS) is 11.0. The van der Waals surface area contributed by atoms with E-state index in [2.05, 4.69) is 10.2 Å². The number of phenols is 1. The predicted molar refractivity (Wildman–Crippen MR) is 82.5 cm³/mol. The smallest absolute Gasteiger partial charge is 0.252 e. The lowest BCUT2D eigenvalue weighted by atomic mass is 9.97. The molecule has 0 saturated carbocycles. The van der Waals surface area contributed by atoms with E-state index in [4.69, 9.17) is 11.5 Å². The number of nitrogens with zero attached hydrogens (tertiary/aromatic N) is 3. The topological polar surface area (TPSA) is 120 Å². The number of carbonyl (C=O) groups excluding carboxylic acids is 1. The van der Waals surface area contributed by atoms with E-state index in [1.54, 1.807) is 36.4 Å². The van der Waals surface area contributed by atoms with Gasteiger partial charge in [-0.2, -0.15) is 0 Å². The van der Waals surface area contributed by atoms with Gasteiger partial charge in [0.1, 0.15) is 11.6 Å². The summed E-state index contributed by atoms with van der Waals surface area (Å²) in [6, 6.07) is 5.09. The Labute approximate surface area is 126 Å². The molecule has 0 fully saturated rings. The zero-order valence-electron chi connectivity index (χ0n) is 12.2. The van der Waals surface area contributed by atoms with Gasteiger partial charge in [-0.25, -0.2) is 0 Å². The molecule has 2 heterocycles. The van der Waals surface area contributed by atoms with E-state index in [0.717, 1.165) is 0 Å². The molecule has 5 N–H and O–H groups in total. The van der Waals surface area contributed by atoms with E-state index < -0.39 is 5.91 Å². The Hall–Kier alpha value is -3.09. The average molecular weight is 297 g/mol. The molecule has 0 aliphatic rings. The van der Waals surface area contributed by atoms with Crippen molar-refractivity contribution in [2.45, 2.75) is 13.8 Å². The number of rotatable bonds is 2. The van der Waals surface area contributed by atoms with Gasteiger partial charge in [-0.3, -0.25) is 9.20 Å². The van der Waals surface area contributed by atoms with Crippen molar-refractivity contribution in [2.75, 3.05) is 5.73 Å². The summed E-state index contributed by atoms with van der Waals surface area (Å²) in [7, 11) is 0. The molecular formula is C15H15N5O2. The molecule has 0 spiro atoms. The van der Waals surface area contributed by atoms with Crippen molar-refractivity contribution in [1.82, 2.24) is 14.6 Å². The highest BCUT2D eigenvalue weighted by Gasteiger charge is 2.20. The van der Waals surface area contributed by atoms with Crippen LogP contribution >= 0.6 is 0 Å². The molecule has 7 nitrogen and oxygen atoms in total. The number of aromatic hydroxyl groups is 1. The molecule has 0 saturated heterocycles. The van der Waals surface area contributed by atoms with Crippen molar-refractivity contribution in [3.05, 3.63) is 41.3 Å². The van der Waals surface area contributed by atoms with Gasteiger partial charge in [-0.15, -0.1) is 10.2 Å². The molecule has 0 unspecified atom stereocenters. The molecule has 0 radical (unpaired) electrons. The number of benzene rings is 1. The number of hydrogen-bond acceptors (Lipinski definition) is 5. The second-order valence-electron chi connectivity index (χ2n) is 5.09. The zero-order chi connectivity index (χ0) is 16.0. The highest BCUT2D eigenvalue weighted by molar-refractivity contribution is 6.04. The summed E-state index contributed by atoms with van der Waals surface area (Å²) < 4.78 is 1.66. The number of amides is 1. The molecule has 1 aromatic carbocycles. The van der Waals surface area contributed by atoms with Crippen LogP contribution in [0.25, 0.3) is 16.8 Å². The van der Waals surface area contributed by atoms with Gasteiger partial charge in [-0.1, -0.05) is 12.1 Å². The quantitative estimate of drug-likeness (QED) is 0.660. The maximum Gasteiger partial charge on any atom is 0.252 e. The fourth-order valence-corrected chi connectivity index (χ4v) is 2.50. The van der Waals surface area contributed by atoms with Crippen LogP contribution in [0.1, 0.15) is 21.7 Å². The molecule has 112 valence electrons. The van der Waals surface area contributed by atoms with Crippen LogP contribution in [0.2, 0.25) is 0 Å². The first-order valence-corrected chi connectivity index (χ1v) is 6.64. The average Bonchev–Trinajstić information content (AvgIpc) is 2.83. The third-order valence-corrected chi connectivity index (χ3v) is 3.75. The Balaban J connectivity index is 2.49. The number of nitrogens with two attached hydrogens (primary N) is 2. The maximum absolute atomic E-state index is 11.7. The Morgan fingerprint density at radius 1 is 1.27 bits per heavy atom. The Bertz CT molecular complexity index is 914. The summed E-state index contributed by atoms with van der Waals surface area (Å²) in [5.74, 6) is 0.110. The molecule has 3 rings (SSSR count). The van der Waals surface area contributed by atoms with Gasteiger partial charge in [-0.05, 0) is 31.0 Å². The van der Waals surface area contributed by atoms with E-state index in [1.807, 2.05) is 0 Å². The van der Waals surface area contributed by atoms with Crippen LogP contribution in [0.4, 0.5) is 5.69 Å². The lowest BCUT2D eigenvalue weighted by Gasteiger charge is -2.14. The number of anilines is 1. The molecule has 7 heteroatoms. The van der Waals surface area contributed by atoms with Gasteiger partial charge in [0.05, 0.1) is 16.8 Å². The van der Waals surface area contributed by atoms with Crippen molar-refractivity contribution in [3.8, 4) is 16.9 Å². The number of fused-ring (bicyclic) bond motifs is 1. The fourth-order valence-electron chi connectivity index (χ4n) is 2.50. The van der Waals surface area contributed by atoms with Crippen molar-refractivity contribution in [3.63, 3.8) is 0 Å². The summed E-state index contributed by atoms with van der Waals surface area (Å²) in [6.07, 6.45) is 1.53. The second-order valence-corrected chi connectivity index (χ2v) is 5.09. The molecule has 0 aliphatic heterocycles. The summed E-state index contributed by atoms with van der Waals surface area (Å²) in [5.41, 5.74) is 14.3. The zero-order valence-corrected chi connectivity index (χ0v) is 12.2. The van der Waals surface area contributed by atoms with E-state index in [1.165, 1.54) is 6.20 Å². The third kappa shape index (κ3) is 1.86. The standard InChI is InChI=1S/C15H15N5O2/c1-7-9(4-3-5-11(7)21)12-13(16)10(14(17)22)6-20-8(2)18-19-15(12)20/h3-6,21H,16H2,1-2H3,(H2,17,22). The van der Waals surface area contributed by atoms with Crippen molar-refractivity contribution >= 4 is 17.2 Å². The third-order valence-electron chi connectivity index (χ3n) is 3.75. The summed E-state index contributed by atoms with van der Waals surface area (Å²) >= 11 is 0. The SMILES string of the molecule is Cc1c(O)cccc1-c1c(N)c(C(N)=O)cn2c(C)nnc12. The Kier molecular flexibility index (Phi) is 2.98. The summed E-state index contributed by atoms with van der Waals surface area (Å²) in [6.45, 7) is 3.53. The van der Waals surface area contributed by atoms with Crippen LogP contribution in [0, 0.1) is 13.8 Å². The first-order valence-electron chi connectivity index (χ1n) is 6.64. The molecule has 3 aromatic rings. The van der Waals surface area contributed by atoms with Crippen LogP contribution in [0.3, 0.4) is 0 Å². The number of hydrogen-bond donors (Lipinski definition) is 3. The van der Waals surface area contributed by atoms with Crippen LogP contribution in [0.5, 0.6) is 5.75 Å². The number of carbonyl (C=O) groups is 1. The molecule has 1 amide bonds. The van der Waals surface area contributed by atoms with Crippen LogP contribution in [-0.4, -0.2) is 25.6 Å². The van der Waals surface area contributed by atoms with Crippen LogP contribution < -0.4 is 11.5 Å². The minimum atomic E-state index is -0.633. The van der Waals surface area contributed by atoms with Gasteiger partial charge in [0.25, 0.3) is 5.91 Å². The molecule has 22 heavy (non-hydrogen) atoms. The number of primary amides is 1. The molecule has 0 bridgehead atoms. The minimum absolute atomic E-state index is 0.135. The Morgan fingerprint density at radius 3 is 2.68 bits per heavy atom. The van der Waals surface area contributed by atoms with Gasteiger partial charge in [0.15, 0.2) is 5.65 Å². The van der Waals surface area contributed by atoms with Gasteiger partial charge in [0.2, 0.25) is 0 Å². The second kappa shape index (κ2) is 4.73. The van der Waals surface area contributed by atoms with Crippen molar-refractivity contribution in [2.24, 2.45) is 5.73 Å². The largest absolute Gasteiger partial charge is 0.508 e. The summed E-state index contributed by atoms with van der Waals surface area (Å²) in [4.78, 5) is 11.7. The maximum atomic E-state index is 11.7. The van der Waals surface area contributed by atoms with Crippen molar-refractivity contribution in [1.29, 1.82) is 0 Å². The monoisotopic (exact) mass is 297 g/mol. The highest BCUT2D eigenvalue weighted by atomic mass is 16.3. The lowest BCUT2D eigenvalue weighted by Crippen LogP contribution is -2.16. The predicted octanol–water partition coefficient (Wildman–Crippen LogP) is 1.40. The van der Waals surface area contributed by atoms with Gasteiger partial charge < -0.3 is 16.6 Å². The number of pyridine rings is 1. The molecule has 0 aliphatic carbocycles. The van der Waals surface area contributed by atoms with Crippen molar-refractivity contribution < 1.29 is 9.90 Å². The van der Waals surface area contributed by atoms with E-state index >= 15 is 0 Å². The number of nitrogen functional groups attached to an aromatic ring is 1.